The molecular formula is C21H32N2O2. The third-order valence-corrected chi connectivity index (χ3v) is 5.72. The summed E-state index contributed by atoms with van der Waals surface area (Å²) in [4.78, 5) is 14.3. The first-order valence-corrected chi connectivity index (χ1v) is 9.94. The van der Waals surface area contributed by atoms with Crippen molar-refractivity contribution in [3.05, 3.63) is 35.4 Å². The number of β-amino-alcohol motifs (C(OH)–C–C–N with tert-alkyl or cyclic N) is 1. The second-order valence-corrected chi connectivity index (χ2v) is 7.75. The van der Waals surface area contributed by atoms with Crippen LogP contribution >= 0.6 is 0 Å². The van der Waals surface area contributed by atoms with Crippen molar-refractivity contribution >= 4 is 5.91 Å². The Kier molecular flexibility index (Phi) is 6.88. The highest BCUT2D eigenvalue weighted by Gasteiger charge is 2.19. The molecular weight excluding hydrogens is 312 g/mol. The van der Waals surface area contributed by atoms with Gasteiger partial charge in [0.05, 0.1) is 6.10 Å². The molecule has 138 valence electrons. The molecule has 25 heavy (non-hydrogen) atoms. The van der Waals surface area contributed by atoms with Gasteiger partial charge in [0.15, 0.2) is 0 Å². The van der Waals surface area contributed by atoms with Crippen LogP contribution in [0.5, 0.6) is 0 Å². The van der Waals surface area contributed by atoms with Crippen molar-refractivity contribution in [2.45, 2.75) is 64.0 Å². The van der Waals surface area contributed by atoms with Gasteiger partial charge in [-0.25, -0.2) is 0 Å². The molecule has 1 heterocycles. The second-order valence-electron chi connectivity index (χ2n) is 7.75. The Balaban J connectivity index is 1.32. The van der Waals surface area contributed by atoms with Gasteiger partial charge in [0.25, 0.3) is 0 Å². The third-order valence-electron chi connectivity index (χ3n) is 5.72. The molecule has 1 aliphatic carbocycles. The second kappa shape index (κ2) is 9.35. The topological polar surface area (TPSA) is 52.6 Å². The molecule has 2 aliphatic rings. The Morgan fingerprint density at radius 1 is 1.20 bits per heavy atom. The van der Waals surface area contributed by atoms with Crippen molar-refractivity contribution in [2.24, 2.45) is 5.92 Å². The van der Waals surface area contributed by atoms with Crippen LogP contribution < -0.4 is 5.32 Å². The lowest BCUT2D eigenvalue weighted by Gasteiger charge is -2.30. The molecule has 0 unspecified atom stereocenters. The zero-order chi connectivity index (χ0) is 17.5. The van der Waals surface area contributed by atoms with Crippen LogP contribution in [0, 0.1) is 5.92 Å². The maximum Gasteiger partial charge on any atom is 0.220 e. The van der Waals surface area contributed by atoms with E-state index in [0.29, 0.717) is 19.5 Å². The Hall–Kier alpha value is -1.39. The number of benzene rings is 1. The number of aliphatic hydroxyl groups is 1. The van der Waals surface area contributed by atoms with Crippen molar-refractivity contribution in [1.29, 1.82) is 0 Å². The van der Waals surface area contributed by atoms with E-state index >= 15 is 0 Å². The molecule has 1 fully saturated rings. The van der Waals surface area contributed by atoms with E-state index in [1.807, 2.05) is 0 Å². The maximum atomic E-state index is 12.0. The van der Waals surface area contributed by atoms with E-state index in [4.69, 9.17) is 0 Å². The van der Waals surface area contributed by atoms with Crippen LogP contribution in [0.2, 0.25) is 0 Å². The zero-order valence-electron chi connectivity index (χ0n) is 15.3. The van der Waals surface area contributed by atoms with Crippen LogP contribution in [0.25, 0.3) is 0 Å². The number of amides is 1. The highest BCUT2D eigenvalue weighted by molar-refractivity contribution is 5.75. The minimum Gasteiger partial charge on any atom is -0.390 e. The van der Waals surface area contributed by atoms with Crippen molar-refractivity contribution in [2.75, 3.05) is 19.6 Å². The van der Waals surface area contributed by atoms with Gasteiger partial charge >= 0.3 is 0 Å². The van der Waals surface area contributed by atoms with E-state index < -0.39 is 6.10 Å². The van der Waals surface area contributed by atoms with E-state index in [1.165, 1.54) is 43.2 Å². The SMILES string of the molecule is O=C(CCC1CCCCC1)NC[C@H](O)CN1CCc2ccccc2C1. The number of nitrogens with zero attached hydrogens (tertiary/aromatic N) is 1. The molecule has 0 saturated heterocycles. The molecule has 1 atom stereocenters. The van der Waals surface area contributed by atoms with Crippen molar-refractivity contribution < 1.29 is 9.90 Å². The Labute approximate surface area is 151 Å². The minimum absolute atomic E-state index is 0.0913. The number of hydrogen-bond acceptors (Lipinski definition) is 3. The number of aliphatic hydroxyl groups excluding tert-OH is 1. The number of fused-ring (bicyclic) bond motifs is 1. The Morgan fingerprint density at radius 3 is 2.76 bits per heavy atom. The lowest BCUT2D eigenvalue weighted by atomic mass is 9.86. The first kappa shape index (κ1) is 18.4. The van der Waals surface area contributed by atoms with Gasteiger partial charge in [0.1, 0.15) is 0 Å². The van der Waals surface area contributed by atoms with Crippen LogP contribution in [0.4, 0.5) is 0 Å². The Bertz CT molecular complexity index is 555. The molecule has 1 aromatic carbocycles. The molecule has 4 heteroatoms. The number of carbonyl (C=O) groups is 1. The number of hydrogen-bond donors (Lipinski definition) is 2. The number of carbonyl (C=O) groups excluding carboxylic acids is 1. The average molecular weight is 344 g/mol. The molecule has 0 spiro atoms. The average Bonchev–Trinajstić information content (AvgIpc) is 2.65. The van der Waals surface area contributed by atoms with Crippen LogP contribution in [0.1, 0.15) is 56.1 Å². The highest BCUT2D eigenvalue weighted by atomic mass is 16.3. The van der Waals surface area contributed by atoms with Gasteiger partial charge in [-0.15, -0.1) is 0 Å². The quantitative estimate of drug-likeness (QED) is 0.800. The molecule has 2 N–H and O–H groups in total. The monoisotopic (exact) mass is 344 g/mol. The van der Waals surface area contributed by atoms with E-state index in [0.717, 1.165) is 31.8 Å². The summed E-state index contributed by atoms with van der Waals surface area (Å²) in [6.07, 6.45) is 8.72. The fourth-order valence-electron chi connectivity index (χ4n) is 4.20. The van der Waals surface area contributed by atoms with Gasteiger partial charge in [-0.05, 0) is 29.9 Å². The summed E-state index contributed by atoms with van der Waals surface area (Å²) >= 11 is 0. The molecule has 1 aliphatic heterocycles. The third kappa shape index (κ3) is 5.82. The van der Waals surface area contributed by atoms with E-state index in [-0.39, 0.29) is 5.91 Å². The van der Waals surface area contributed by atoms with E-state index in [9.17, 15) is 9.90 Å². The minimum atomic E-state index is -0.496. The van der Waals surface area contributed by atoms with Gasteiger partial charge < -0.3 is 10.4 Å². The van der Waals surface area contributed by atoms with Crippen molar-refractivity contribution in [3.63, 3.8) is 0 Å². The molecule has 1 amide bonds. The summed E-state index contributed by atoms with van der Waals surface area (Å²) in [5, 5.41) is 13.2. The summed E-state index contributed by atoms with van der Waals surface area (Å²) in [5.41, 5.74) is 2.78. The lowest BCUT2D eigenvalue weighted by molar-refractivity contribution is -0.122. The first-order valence-electron chi connectivity index (χ1n) is 9.94. The molecule has 0 radical (unpaired) electrons. The zero-order valence-corrected chi connectivity index (χ0v) is 15.3. The molecule has 0 bridgehead atoms. The molecule has 1 saturated carbocycles. The first-order chi connectivity index (χ1) is 12.2. The number of nitrogens with one attached hydrogen (secondary N) is 1. The summed E-state index contributed by atoms with van der Waals surface area (Å²) < 4.78 is 0. The summed E-state index contributed by atoms with van der Waals surface area (Å²) in [7, 11) is 0. The maximum absolute atomic E-state index is 12.0. The highest BCUT2D eigenvalue weighted by Crippen LogP contribution is 2.27. The van der Waals surface area contributed by atoms with E-state index in [1.54, 1.807) is 0 Å². The van der Waals surface area contributed by atoms with Crippen LogP contribution in [-0.2, 0) is 17.8 Å². The summed E-state index contributed by atoms with van der Waals surface area (Å²) in [6.45, 7) is 2.85. The van der Waals surface area contributed by atoms with Gasteiger partial charge in [-0.3, -0.25) is 9.69 Å². The summed E-state index contributed by atoms with van der Waals surface area (Å²) in [6, 6.07) is 8.52. The van der Waals surface area contributed by atoms with Crippen LogP contribution in [0.15, 0.2) is 24.3 Å². The van der Waals surface area contributed by atoms with Gasteiger partial charge in [-0.1, -0.05) is 56.4 Å². The molecule has 4 nitrogen and oxygen atoms in total. The number of rotatable bonds is 7. The lowest BCUT2D eigenvalue weighted by Crippen LogP contribution is -2.42. The normalized spacial score (nSPS) is 20.0. The van der Waals surface area contributed by atoms with Crippen molar-refractivity contribution in [3.8, 4) is 0 Å². The van der Waals surface area contributed by atoms with Crippen LogP contribution in [0.3, 0.4) is 0 Å². The van der Waals surface area contributed by atoms with Gasteiger partial charge in [0.2, 0.25) is 5.91 Å². The summed E-state index contributed by atoms with van der Waals surface area (Å²) in [5.74, 6) is 0.825. The molecule has 3 rings (SSSR count). The standard InChI is InChI=1S/C21H32N2O2/c24-20(14-22-21(25)11-10-17-6-2-1-3-7-17)16-23-13-12-18-8-4-5-9-19(18)15-23/h4-5,8-9,17,20,24H,1-3,6-7,10-16H2,(H,22,25)/t20-/m0/s1. The largest absolute Gasteiger partial charge is 0.390 e. The predicted molar refractivity (Wildman–Crippen MR) is 100 cm³/mol. The molecule has 1 aromatic rings. The fourth-order valence-corrected chi connectivity index (χ4v) is 4.20. The fraction of sp³-hybridized carbons (Fsp3) is 0.667. The van der Waals surface area contributed by atoms with E-state index in [2.05, 4.69) is 34.5 Å². The van der Waals surface area contributed by atoms with Gasteiger partial charge in [-0.2, -0.15) is 0 Å². The van der Waals surface area contributed by atoms with Crippen molar-refractivity contribution in [1.82, 2.24) is 10.2 Å². The smallest absolute Gasteiger partial charge is 0.220 e. The Morgan fingerprint density at radius 2 is 1.96 bits per heavy atom. The predicted octanol–water partition coefficient (Wildman–Crippen LogP) is 2.88. The molecule has 0 aromatic heterocycles. The van der Waals surface area contributed by atoms with Gasteiger partial charge in [0, 0.05) is 32.6 Å². The van der Waals surface area contributed by atoms with Crippen LogP contribution in [-0.4, -0.2) is 41.7 Å².